The minimum Gasteiger partial charge on any atom is -0.497 e. The molecule has 0 bridgehead atoms. The maximum Gasteiger partial charge on any atom is 0.319 e. The van der Waals surface area contributed by atoms with Gasteiger partial charge in [0.15, 0.2) is 0 Å². The summed E-state index contributed by atoms with van der Waals surface area (Å²) in [5.74, 6) is 0.723. The Hall–Kier alpha value is -2.97. The summed E-state index contributed by atoms with van der Waals surface area (Å²) in [6.45, 7) is 2.59. The van der Waals surface area contributed by atoms with Crippen LogP contribution in [0.5, 0.6) is 5.75 Å². The highest BCUT2D eigenvalue weighted by Crippen LogP contribution is 2.31. The highest BCUT2D eigenvalue weighted by molar-refractivity contribution is 5.80. The van der Waals surface area contributed by atoms with Crippen LogP contribution in [0.2, 0.25) is 0 Å². The van der Waals surface area contributed by atoms with Gasteiger partial charge in [0.25, 0.3) is 0 Å². The number of hydrogen-bond acceptors (Lipinski definition) is 4. The van der Waals surface area contributed by atoms with Gasteiger partial charge in [-0.15, -0.1) is 0 Å². The van der Waals surface area contributed by atoms with Gasteiger partial charge in [-0.2, -0.15) is 0 Å². The first-order chi connectivity index (χ1) is 13.8. The van der Waals surface area contributed by atoms with Gasteiger partial charge in [0.1, 0.15) is 5.75 Å². The van der Waals surface area contributed by atoms with E-state index in [1.165, 1.54) is 4.90 Å². The Kier molecular flexibility index (Phi) is 6.14. The van der Waals surface area contributed by atoms with E-state index in [1.807, 2.05) is 24.3 Å². The monoisotopic (exact) mass is 403 g/mol. The van der Waals surface area contributed by atoms with Crippen molar-refractivity contribution in [1.82, 2.24) is 25.3 Å². The van der Waals surface area contributed by atoms with E-state index in [0.29, 0.717) is 45.7 Å². The van der Waals surface area contributed by atoms with Crippen molar-refractivity contribution in [2.24, 2.45) is 5.41 Å². The zero-order chi connectivity index (χ0) is 21.0. The summed E-state index contributed by atoms with van der Waals surface area (Å²) in [6, 6.07) is 7.20. The lowest BCUT2D eigenvalue weighted by atomic mass is 9.86. The number of benzene rings is 1. The van der Waals surface area contributed by atoms with Gasteiger partial charge < -0.3 is 30.1 Å². The second kappa shape index (κ2) is 8.59. The molecule has 2 N–H and O–H groups in total. The maximum atomic E-state index is 12.9. The molecular formula is C20H29N5O4. The Morgan fingerprint density at radius 2 is 1.83 bits per heavy atom. The van der Waals surface area contributed by atoms with Crippen molar-refractivity contribution in [1.29, 1.82) is 0 Å². The van der Waals surface area contributed by atoms with Crippen LogP contribution in [0, 0.1) is 5.41 Å². The average molecular weight is 403 g/mol. The number of carbonyl (C=O) groups is 3. The Morgan fingerprint density at radius 1 is 1.17 bits per heavy atom. The minimum atomic E-state index is -0.462. The SMILES string of the molecule is COc1ccc(CNC(=O)N2CCN(C(=O)N(C)C)C[C@@]3(CNC(=O)C3)C2)cc1. The standard InChI is InChI=1S/C20H29N5O4/c1-23(2)19(28)25-9-8-24(13-20(14-25)10-17(26)22-12-20)18(27)21-11-15-4-6-16(29-3)7-5-15/h4-7H,8-14H2,1-3H3,(H,21,27)(H,22,26)/t20-/m0/s1. The zero-order valence-corrected chi connectivity index (χ0v) is 17.2. The number of ether oxygens (including phenoxy) is 1. The van der Waals surface area contributed by atoms with E-state index in [2.05, 4.69) is 10.6 Å². The summed E-state index contributed by atoms with van der Waals surface area (Å²) in [4.78, 5) is 42.3. The number of nitrogens with one attached hydrogen (secondary N) is 2. The van der Waals surface area contributed by atoms with Crippen molar-refractivity contribution in [3.05, 3.63) is 29.8 Å². The lowest BCUT2D eigenvalue weighted by Gasteiger charge is -2.33. The highest BCUT2D eigenvalue weighted by Gasteiger charge is 2.45. The largest absolute Gasteiger partial charge is 0.497 e. The molecule has 2 heterocycles. The molecule has 1 aromatic rings. The number of methoxy groups -OCH3 is 1. The van der Waals surface area contributed by atoms with Crippen molar-refractivity contribution in [3.63, 3.8) is 0 Å². The van der Waals surface area contributed by atoms with Crippen LogP contribution in [0.25, 0.3) is 0 Å². The van der Waals surface area contributed by atoms with Gasteiger partial charge in [-0.25, -0.2) is 9.59 Å². The third kappa shape index (κ3) is 4.90. The third-order valence-corrected chi connectivity index (χ3v) is 5.43. The summed E-state index contributed by atoms with van der Waals surface area (Å²) in [7, 11) is 5.02. The topological polar surface area (TPSA) is 94.2 Å². The number of rotatable bonds is 3. The summed E-state index contributed by atoms with van der Waals surface area (Å²) in [6.07, 6.45) is 0.312. The fraction of sp³-hybridized carbons (Fsp3) is 0.550. The number of urea groups is 2. The van der Waals surface area contributed by atoms with Gasteiger partial charge in [-0.1, -0.05) is 12.1 Å². The van der Waals surface area contributed by atoms with E-state index >= 15 is 0 Å². The highest BCUT2D eigenvalue weighted by atomic mass is 16.5. The summed E-state index contributed by atoms with van der Waals surface area (Å²) < 4.78 is 5.15. The molecule has 29 heavy (non-hydrogen) atoms. The van der Waals surface area contributed by atoms with Crippen LogP contribution in [-0.2, 0) is 11.3 Å². The molecule has 1 spiro atoms. The summed E-state index contributed by atoms with van der Waals surface area (Å²) in [5, 5.41) is 5.81. The van der Waals surface area contributed by atoms with Gasteiger partial charge >= 0.3 is 12.1 Å². The van der Waals surface area contributed by atoms with Gasteiger partial charge in [0.2, 0.25) is 5.91 Å². The van der Waals surface area contributed by atoms with Crippen LogP contribution in [0.4, 0.5) is 9.59 Å². The molecule has 2 aliphatic heterocycles. The second-order valence-corrected chi connectivity index (χ2v) is 7.98. The number of nitrogens with zero attached hydrogens (tertiary/aromatic N) is 3. The van der Waals surface area contributed by atoms with E-state index in [-0.39, 0.29) is 18.0 Å². The molecule has 2 fully saturated rings. The van der Waals surface area contributed by atoms with Crippen LogP contribution < -0.4 is 15.4 Å². The van der Waals surface area contributed by atoms with E-state index < -0.39 is 5.41 Å². The first kappa shape index (κ1) is 20.8. The Balaban J connectivity index is 1.68. The molecule has 2 aliphatic rings. The number of carbonyl (C=O) groups excluding carboxylic acids is 3. The van der Waals surface area contributed by atoms with Crippen molar-refractivity contribution in [3.8, 4) is 5.75 Å². The molecular weight excluding hydrogens is 374 g/mol. The summed E-state index contributed by atoms with van der Waals surface area (Å²) >= 11 is 0. The molecule has 0 radical (unpaired) electrons. The molecule has 2 saturated heterocycles. The molecule has 3 rings (SSSR count). The molecule has 1 atom stereocenters. The van der Waals surface area contributed by atoms with Crippen LogP contribution in [0.15, 0.2) is 24.3 Å². The van der Waals surface area contributed by atoms with Crippen molar-refractivity contribution < 1.29 is 19.1 Å². The van der Waals surface area contributed by atoms with Gasteiger partial charge in [0, 0.05) is 65.2 Å². The minimum absolute atomic E-state index is 0.0391. The van der Waals surface area contributed by atoms with Crippen molar-refractivity contribution in [2.45, 2.75) is 13.0 Å². The predicted molar refractivity (Wildman–Crippen MR) is 108 cm³/mol. The van der Waals surface area contributed by atoms with Gasteiger partial charge in [0.05, 0.1) is 7.11 Å². The maximum absolute atomic E-state index is 12.9. The van der Waals surface area contributed by atoms with Crippen LogP contribution in [0.1, 0.15) is 12.0 Å². The molecule has 9 nitrogen and oxygen atoms in total. The van der Waals surface area contributed by atoms with E-state index in [1.54, 1.807) is 31.0 Å². The molecule has 5 amide bonds. The lowest BCUT2D eigenvalue weighted by Crippen LogP contribution is -2.48. The normalized spacial score (nSPS) is 21.6. The van der Waals surface area contributed by atoms with Crippen molar-refractivity contribution >= 4 is 18.0 Å². The predicted octanol–water partition coefficient (Wildman–Crippen LogP) is 0.710. The van der Waals surface area contributed by atoms with E-state index in [9.17, 15) is 14.4 Å². The summed E-state index contributed by atoms with van der Waals surface area (Å²) in [5.41, 5.74) is 0.502. The van der Waals surface area contributed by atoms with E-state index in [0.717, 1.165) is 11.3 Å². The van der Waals surface area contributed by atoms with E-state index in [4.69, 9.17) is 4.74 Å². The molecule has 1 aromatic carbocycles. The van der Waals surface area contributed by atoms with Gasteiger partial charge in [-0.3, -0.25) is 4.79 Å². The molecule has 9 heteroatoms. The van der Waals surface area contributed by atoms with Crippen molar-refractivity contribution in [2.75, 3.05) is 53.9 Å². The number of hydrogen-bond donors (Lipinski definition) is 2. The molecule has 158 valence electrons. The Bertz CT molecular complexity index is 767. The average Bonchev–Trinajstić information content (AvgIpc) is 2.96. The quantitative estimate of drug-likeness (QED) is 0.777. The third-order valence-electron chi connectivity index (χ3n) is 5.43. The Morgan fingerprint density at radius 3 is 2.41 bits per heavy atom. The smallest absolute Gasteiger partial charge is 0.319 e. The Labute approximate surface area is 171 Å². The fourth-order valence-corrected chi connectivity index (χ4v) is 3.89. The lowest BCUT2D eigenvalue weighted by molar-refractivity contribution is -0.119. The number of amides is 5. The molecule has 0 aromatic heterocycles. The van der Waals surface area contributed by atoms with Gasteiger partial charge in [-0.05, 0) is 17.7 Å². The zero-order valence-electron chi connectivity index (χ0n) is 17.2. The second-order valence-electron chi connectivity index (χ2n) is 7.98. The molecule has 0 saturated carbocycles. The van der Waals surface area contributed by atoms with Crippen LogP contribution >= 0.6 is 0 Å². The fourth-order valence-electron chi connectivity index (χ4n) is 3.89. The first-order valence-electron chi connectivity index (χ1n) is 9.70. The molecule has 0 aliphatic carbocycles. The van der Waals surface area contributed by atoms with Crippen LogP contribution in [-0.4, -0.2) is 86.6 Å². The van der Waals surface area contributed by atoms with Crippen LogP contribution in [0.3, 0.4) is 0 Å². The molecule has 0 unspecified atom stereocenters. The first-order valence-corrected chi connectivity index (χ1v) is 9.70.